The van der Waals surface area contributed by atoms with Gasteiger partial charge in [0.1, 0.15) is 10.7 Å². The number of carbonyl (C=O) groups excluding carboxylic acids is 1. The van der Waals surface area contributed by atoms with E-state index in [1.807, 2.05) is 0 Å². The lowest BCUT2D eigenvalue weighted by atomic mass is 10.1. The largest absolute Gasteiger partial charge is 0.478 e. The first-order valence-corrected chi connectivity index (χ1v) is 5.89. The first-order valence-electron chi connectivity index (χ1n) is 5.11. The number of nitrogens with one attached hydrogen (secondary N) is 1. The van der Waals surface area contributed by atoms with Crippen LogP contribution in [0.5, 0.6) is 0 Å². The van der Waals surface area contributed by atoms with E-state index in [0.717, 1.165) is 17.6 Å². The molecule has 0 saturated heterocycles. The summed E-state index contributed by atoms with van der Waals surface area (Å²) in [6.45, 7) is 0. The van der Waals surface area contributed by atoms with Crippen LogP contribution in [0.4, 0.5) is 5.00 Å². The van der Waals surface area contributed by atoms with Crippen molar-refractivity contribution >= 4 is 34.5 Å². The smallest absolute Gasteiger partial charge is 0.328 e. The van der Waals surface area contributed by atoms with Gasteiger partial charge in [0, 0.05) is 29.4 Å². The fraction of sp³-hybridized carbons (Fsp3) is 0. The van der Waals surface area contributed by atoms with Gasteiger partial charge in [-0.15, -0.1) is 5.10 Å². The van der Waals surface area contributed by atoms with E-state index in [4.69, 9.17) is 5.11 Å². The van der Waals surface area contributed by atoms with Crippen LogP contribution in [0.3, 0.4) is 0 Å². The standard InChI is InChI=1S/C11H8N4O3S/c16-9(17)4-3-7-2-1-5-12-10(7)11(18)14-8-6-13-15-19-8/h1-6H,(H,14,18)(H,16,17)/b4-3+. The Bertz CT molecular complexity index is 625. The summed E-state index contributed by atoms with van der Waals surface area (Å²) < 4.78 is 3.62. The van der Waals surface area contributed by atoms with Gasteiger partial charge < -0.3 is 10.4 Å². The van der Waals surface area contributed by atoms with Gasteiger partial charge in [-0.25, -0.2) is 4.79 Å². The Morgan fingerprint density at radius 3 is 2.95 bits per heavy atom. The van der Waals surface area contributed by atoms with E-state index in [1.54, 1.807) is 12.1 Å². The number of hydrogen-bond acceptors (Lipinski definition) is 6. The van der Waals surface area contributed by atoms with Gasteiger partial charge in [-0.05, 0) is 12.1 Å². The third-order valence-electron chi connectivity index (χ3n) is 2.06. The number of aliphatic carboxylic acids is 1. The third-order valence-corrected chi connectivity index (χ3v) is 2.64. The van der Waals surface area contributed by atoms with E-state index in [1.165, 1.54) is 18.5 Å². The normalized spacial score (nSPS) is 10.5. The van der Waals surface area contributed by atoms with E-state index >= 15 is 0 Å². The van der Waals surface area contributed by atoms with Gasteiger partial charge in [0.15, 0.2) is 0 Å². The number of amides is 1. The minimum absolute atomic E-state index is 0.133. The summed E-state index contributed by atoms with van der Waals surface area (Å²) in [6.07, 6.45) is 5.13. The monoisotopic (exact) mass is 276 g/mol. The third kappa shape index (κ3) is 3.42. The molecule has 0 saturated carbocycles. The van der Waals surface area contributed by atoms with Gasteiger partial charge in [0.2, 0.25) is 0 Å². The topological polar surface area (TPSA) is 105 Å². The molecule has 96 valence electrons. The average molecular weight is 276 g/mol. The zero-order chi connectivity index (χ0) is 13.7. The maximum atomic E-state index is 12.0. The molecule has 2 rings (SSSR count). The first kappa shape index (κ1) is 12.8. The molecule has 8 heteroatoms. The van der Waals surface area contributed by atoms with E-state index in [-0.39, 0.29) is 5.69 Å². The molecule has 0 aliphatic carbocycles. The zero-order valence-corrected chi connectivity index (χ0v) is 10.3. The van der Waals surface area contributed by atoms with Gasteiger partial charge in [0.25, 0.3) is 5.91 Å². The molecule has 0 atom stereocenters. The molecule has 2 N–H and O–H groups in total. The molecule has 0 unspecified atom stereocenters. The number of anilines is 1. The van der Waals surface area contributed by atoms with Gasteiger partial charge in [0.05, 0.1) is 6.20 Å². The van der Waals surface area contributed by atoms with Crippen molar-refractivity contribution in [3.05, 3.63) is 41.9 Å². The predicted molar refractivity (Wildman–Crippen MR) is 68.8 cm³/mol. The molecule has 0 radical (unpaired) electrons. The van der Waals surface area contributed by atoms with Crippen molar-refractivity contribution in [1.29, 1.82) is 0 Å². The highest BCUT2D eigenvalue weighted by Crippen LogP contribution is 2.13. The Morgan fingerprint density at radius 2 is 2.26 bits per heavy atom. The molecule has 19 heavy (non-hydrogen) atoms. The van der Waals surface area contributed by atoms with Gasteiger partial charge in [-0.2, -0.15) is 0 Å². The van der Waals surface area contributed by atoms with Crippen molar-refractivity contribution in [1.82, 2.24) is 14.6 Å². The molecule has 0 bridgehead atoms. The summed E-state index contributed by atoms with van der Waals surface area (Å²) >= 11 is 1.04. The summed E-state index contributed by atoms with van der Waals surface area (Å²) in [4.78, 5) is 26.4. The maximum absolute atomic E-state index is 12.0. The summed E-state index contributed by atoms with van der Waals surface area (Å²) in [5.41, 5.74) is 0.549. The van der Waals surface area contributed by atoms with Crippen molar-refractivity contribution in [2.24, 2.45) is 0 Å². The number of carbonyl (C=O) groups is 2. The van der Waals surface area contributed by atoms with Gasteiger partial charge in [-0.1, -0.05) is 10.6 Å². The zero-order valence-electron chi connectivity index (χ0n) is 9.48. The van der Waals surface area contributed by atoms with E-state index in [0.29, 0.717) is 10.6 Å². The number of aromatic nitrogens is 3. The van der Waals surface area contributed by atoms with Gasteiger partial charge >= 0.3 is 5.97 Å². The Hall–Kier alpha value is -2.61. The van der Waals surface area contributed by atoms with E-state index < -0.39 is 11.9 Å². The molecule has 0 fully saturated rings. The predicted octanol–water partition coefficient (Wildman–Crippen LogP) is 1.28. The summed E-state index contributed by atoms with van der Waals surface area (Å²) in [7, 11) is 0. The molecular formula is C11H8N4O3S. The SMILES string of the molecule is O=C(O)/C=C/c1cccnc1C(=O)Nc1cnns1. The van der Waals surface area contributed by atoms with Crippen LogP contribution in [-0.2, 0) is 4.79 Å². The Labute approximate surface area is 111 Å². The summed E-state index contributed by atoms with van der Waals surface area (Å²) in [5, 5.41) is 15.2. The van der Waals surface area contributed by atoms with Crippen LogP contribution in [0.1, 0.15) is 16.1 Å². The van der Waals surface area contributed by atoms with Crippen molar-refractivity contribution < 1.29 is 14.7 Å². The lowest BCUT2D eigenvalue weighted by Crippen LogP contribution is -2.14. The van der Waals surface area contributed by atoms with Crippen LogP contribution < -0.4 is 5.32 Å². The molecule has 2 aromatic heterocycles. The fourth-order valence-corrected chi connectivity index (χ4v) is 1.71. The highest BCUT2D eigenvalue weighted by atomic mass is 32.1. The van der Waals surface area contributed by atoms with E-state index in [9.17, 15) is 9.59 Å². The highest BCUT2D eigenvalue weighted by Gasteiger charge is 2.12. The highest BCUT2D eigenvalue weighted by molar-refractivity contribution is 7.10. The molecule has 0 aliphatic heterocycles. The minimum Gasteiger partial charge on any atom is -0.478 e. The minimum atomic E-state index is -1.10. The fourth-order valence-electron chi connectivity index (χ4n) is 1.30. The molecular weight excluding hydrogens is 268 g/mol. The molecule has 2 aromatic rings. The lowest BCUT2D eigenvalue weighted by Gasteiger charge is -2.03. The van der Waals surface area contributed by atoms with Gasteiger partial charge in [-0.3, -0.25) is 9.78 Å². The van der Waals surface area contributed by atoms with Crippen molar-refractivity contribution in [3.63, 3.8) is 0 Å². The number of pyridine rings is 1. The molecule has 1 amide bonds. The number of hydrogen-bond donors (Lipinski definition) is 2. The Kier molecular flexibility index (Phi) is 3.94. The van der Waals surface area contributed by atoms with Crippen molar-refractivity contribution in [2.45, 2.75) is 0 Å². The van der Waals surface area contributed by atoms with Crippen LogP contribution in [-0.4, -0.2) is 31.6 Å². The number of carboxylic acid groups (broad SMARTS) is 1. The maximum Gasteiger partial charge on any atom is 0.328 e. The van der Waals surface area contributed by atoms with E-state index in [2.05, 4.69) is 19.9 Å². The van der Waals surface area contributed by atoms with Crippen LogP contribution in [0.15, 0.2) is 30.6 Å². The molecule has 0 aliphatic rings. The molecule has 0 aromatic carbocycles. The van der Waals surface area contributed by atoms with Crippen molar-refractivity contribution in [2.75, 3.05) is 5.32 Å². The second kappa shape index (κ2) is 5.83. The second-order valence-corrected chi connectivity index (χ2v) is 4.13. The average Bonchev–Trinajstić information content (AvgIpc) is 2.89. The second-order valence-electron chi connectivity index (χ2n) is 3.35. The Morgan fingerprint density at radius 1 is 1.42 bits per heavy atom. The number of nitrogens with zero attached hydrogens (tertiary/aromatic N) is 3. The Balaban J connectivity index is 2.24. The summed E-state index contributed by atoms with van der Waals surface area (Å²) in [6, 6.07) is 3.22. The van der Waals surface area contributed by atoms with Crippen molar-refractivity contribution in [3.8, 4) is 0 Å². The number of carboxylic acids is 1. The number of rotatable bonds is 4. The quantitative estimate of drug-likeness (QED) is 0.815. The summed E-state index contributed by atoms with van der Waals surface area (Å²) in [5.74, 6) is -1.54. The lowest BCUT2D eigenvalue weighted by molar-refractivity contribution is -0.131. The van der Waals surface area contributed by atoms with Crippen LogP contribution in [0.2, 0.25) is 0 Å². The van der Waals surface area contributed by atoms with Crippen LogP contribution >= 0.6 is 11.5 Å². The molecule has 0 spiro atoms. The first-order chi connectivity index (χ1) is 9.16. The molecule has 2 heterocycles. The van der Waals surface area contributed by atoms with Crippen LogP contribution in [0, 0.1) is 0 Å². The van der Waals surface area contributed by atoms with Crippen LogP contribution in [0.25, 0.3) is 6.08 Å². The molecule has 7 nitrogen and oxygen atoms in total.